The first-order valence-electron chi connectivity index (χ1n) is 9.98. The highest BCUT2D eigenvalue weighted by atomic mass is 127. The van der Waals surface area contributed by atoms with Gasteiger partial charge < -0.3 is 0 Å². The van der Waals surface area contributed by atoms with Crippen molar-refractivity contribution >= 4 is 51.5 Å². The first-order chi connectivity index (χ1) is 14.0. The highest BCUT2D eigenvalue weighted by Gasteiger charge is 2.40. The molecule has 2 heterocycles. The molecule has 0 saturated carbocycles. The average Bonchev–Trinajstić information content (AvgIpc) is 3.07. The van der Waals surface area contributed by atoms with Crippen LogP contribution in [0.2, 0.25) is 5.02 Å². The Morgan fingerprint density at radius 2 is 1.79 bits per heavy atom. The van der Waals surface area contributed by atoms with Crippen LogP contribution in [0.1, 0.15) is 37.8 Å². The van der Waals surface area contributed by atoms with Crippen LogP contribution < -0.4 is 10.4 Å². The van der Waals surface area contributed by atoms with Crippen molar-refractivity contribution in [3.8, 4) is 0 Å². The van der Waals surface area contributed by atoms with Crippen LogP contribution in [0.4, 0.5) is 5.69 Å². The molecule has 4 rings (SSSR count). The van der Waals surface area contributed by atoms with Crippen molar-refractivity contribution in [2.45, 2.75) is 32.2 Å². The van der Waals surface area contributed by atoms with Gasteiger partial charge in [-0.1, -0.05) is 49.2 Å². The van der Waals surface area contributed by atoms with E-state index in [9.17, 15) is 4.79 Å². The molecule has 2 atom stereocenters. The number of rotatable bonds is 4. The van der Waals surface area contributed by atoms with E-state index in [0.29, 0.717) is 10.7 Å². The third kappa shape index (κ3) is 4.44. The molecule has 0 aromatic heterocycles. The summed E-state index contributed by atoms with van der Waals surface area (Å²) in [5.74, 6) is -0.194. The number of nitrogens with one attached hydrogen (secondary N) is 1. The smallest absolute Gasteiger partial charge is 0.282 e. The molecule has 152 valence electrons. The highest BCUT2D eigenvalue weighted by molar-refractivity contribution is 14.1. The van der Waals surface area contributed by atoms with Crippen molar-refractivity contribution in [3.63, 3.8) is 0 Å². The van der Waals surface area contributed by atoms with Gasteiger partial charge in [0.1, 0.15) is 5.71 Å². The number of carbonyl (C=O) groups excluding carboxylic acids is 1. The molecule has 2 aliphatic rings. The molecular weight excluding hydrogens is 499 g/mol. The lowest BCUT2D eigenvalue weighted by molar-refractivity contribution is -0.120. The zero-order chi connectivity index (χ0) is 20.4. The van der Waals surface area contributed by atoms with Gasteiger partial charge in [0.25, 0.3) is 5.91 Å². The fourth-order valence-corrected chi connectivity index (χ4v) is 4.60. The second kappa shape index (κ2) is 9.02. The fraction of sp³-hybridized carbons (Fsp3) is 0.364. The summed E-state index contributed by atoms with van der Waals surface area (Å²) >= 11 is 8.79. The van der Waals surface area contributed by atoms with Crippen molar-refractivity contribution < 1.29 is 4.79 Å². The molecule has 1 saturated heterocycles. The van der Waals surface area contributed by atoms with Crippen molar-refractivity contribution in [2.24, 2.45) is 11.0 Å². The second-order valence-corrected chi connectivity index (χ2v) is 9.21. The van der Waals surface area contributed by atoms with E-state index < -0.39 is 0 Å². The first kappa shape index (κ1) is 20.6. The number of hydrogen-bond acceptors (Lipinski definition) is 4. The molecule has 29 heavy (non-hydrogen) atoms. The molecule has 1 N–H and O–H groups in total. The Hall–Kier alpha value is -1.64. The molecule has 5 nitrogen and oxygen atoms in total. The first-order valence-corrected chi connectivity index (χ1v) is 11.4. The lowest BCUT2D eigenvalue weighted by Crippen LogP contribution is -2.48. The van der Waals surface area contributed by atoms with E-state index in [2.05, 4.69) is 59.2 Å². The number of piperidine rings is 1. The number of hydrazine groups is 1. The largest absolute Gasteiger partial charge is 0.284 e. The number of anilines is 1. The topological polar surface area (TPSA) is 47.9 Å². The molecular formula is C22H24ClIN4O. The summed E-state index contributed by atoms with van der Waals surface area (Å²) in [6.45, 7) is 3.85. The molecule has 1 amide bonds. The van der Waals surface area contributed by atoms with Crippen molar-refractivity contribution in [1.82, 2.24) is 10.4 Å². The quantitative estimate of drug-likeness (QED) is 0.574. The number of nitrogens with zero attached hydrogens (tertiary/aromatic N) is 3. The molecule has 7 heteroatoms. The Bertz CT molecular complexity index is 911. The Morgan fingerprint density at radius 1 is 1.10 bits per heavy atom. The predicted octanol–water partition coefficient (Wildman–Crippen LogP) is 5.02. The number of hydrazone groups is 1. The molecule has 1 fully saturated rings. The number of para-hydroxylation sites is 1. The van der Waals surface area contributed by atoms with E-state index in [1.54, 1.807) is 0 Å². The average molecular weight is 523 g/mol. The maximum absolute atomic E-state index is 13.1. The van der Waals surface area contributed by atoms with Gasteiger partial charge in [0.2, 0.25) is 0 Å². The number of benzene rings is 2. The molecule has 2 aromatic carbocycles. The number of amides is 1. The van der Waals surface area contributed by atoms with Gasteiger partial charge in [-0.05, 0) is 65.3 Å². The third-order valence-corrected chi connectivity index (χ3v) is 6.58. The van der Waals surface area contributed by atoms with Crippen molar-refractivity contribution in [3.05, 3.63) is 62.7 Å². The Labute approximate surface area is 190 Å². The monoisotopic (exact) mass is 522 g/mol. The van der Waals surface area contributed by atoms with Crippen LogP contribution in [0.15, 0.2) is 53.6 Å². The van der Waals surface area contributed by atoms with Gasteiger partial charge >= 0.3 is 0 Å². The highest BCUT2D eigenvalue weighted by Crippen LogP contribution is 2.41. The number of halogens is 2. The lowest BCUT2D eigenvalue weighted by Gasteiger charge is -2.28. The Morgan fingerprint density at radius 3 is 2.48 bits per heavy atom. The van der Waals surface area contributed by atoms with Gasteiger partial charge in [-0.25, -0.2) is 5.01 Å². The van der Waals surface area contributed by atoms with E-state index in [-0.39, 0.29) is 17.9 Å². The maximum Gasteiger partial charge on any atom is 0.282 e. The minimum atomic E-state index is -0.121. The van der Waals surface area contributed by atoms with E-state index in [4.69, 9.17) is 16.7 Å². The van der Waals surface area contributed by atoms with Crippen LogP contribution in [-0.4, -0.2) is 29.7 Å². The Balaban J connectivity index is 1.66. The summed E-state index contributed by atoms with van der Waals surface area (Å²) in [4.78, 5) is 13.1. The molecule has 2 aromatic rings. The molecule has 2 aliphatic heterocycles. The minimum Gasteiger partial charge on any atom is -0.284 e. The van der Waals surface area contributed by atoms with Gasteiger partial charge in [0.05, 0.1) is 16.8 Å². The third-order valence-electron chi connectivity index (χ3n) is 5.54. The van der Waals surface area contributed by atoms with Crippen LogP contribution in [0.5, 0.6) is 0 Å². The van der Waals surface area contributed by atoms with Gasteiger partial charge in [-0.15, -0.1) is 0 Å². The predicted molar refractivity (Wildman–Crippen MR) is 126 cm³/mol. The maximum atomic E-state index is 13.1. The summed E-state index contributed by atoms with van der Waals surface area (Å²) in [5.41, 5.74) is 5.53. The summed E-state index contributed by atoms with van der Waals surface area (Å²) < 4.78 is 1.17. The zero-order valence-corrected chi connectivity index (χ0v) is 19.2. The van der Waals surface area contributed by atoms with Crippen LogP contribution >= 0.6 is 34.2 Å². The van der Waals surface area contributed by atoms with E-state index in [1.807, 2.05) is 34.3 Å². The molecule has 0 unspecified atom stereocenters. The van der Waals surface area contributed by atoms with Gasteiger partial charge in [-0.2, -0.15) is 5.10 Å². The Kier molecular flexibility index (Phi) is 6.41. The number of hydrogen-bond donors (Lipinski definition) is 1. The van der Waals surface area contributed by atoms with E-state index >= 15 is 0 Å². The van der Waals surface area contributed by atoms with Crippen LogP contribution in [0.3, 0.4) is 0 Å². The normalized spacial score (nSPS) is 22.4. The lowest BCUT2D eigenvalue weighted by atomic mass is 9.91. The summed E-state index contributed by atoms with van der Waals surface area (Å²) in [5, 5.41) is 9.31. The second-order valence-electron chi connectivity index (χ2n) is 7.55. The molecule has 0 radical (unpaired) electrons. The molecule has 0 aliphatic carbocycles. The van der Waals surface area contributed by atoms with Crippen LogP contribution in [0, 0.1) is 9.49 Å². The van der Waals surface area contributed by atoms with Crippen LogP contribution in [-0.2, 0) is 4.79 Å². The molecule has 0 spiro atoms. The van der Waals surface area contributed by atoms with Crippen molar-refractivity contribution in [1.29, 1.82) is 0 Å². The van der Waals surface area contributed by atoms with Crippen molar-refractivity contribution in [2.75, 3.05) is 18.1 Å². The van der Waals surface area contributed by atoms with Gasteiger partial charge in [-0.3, -0.25) is 15.2 Å². The van der Waals surface area contributed by atoms with E-state index in [0.717, 1.165) is 37.2 Å². The van der Waals surface area contributed by atoms with Crippen LogP contribution in [0.25, 0.3) is 0 Å². The van der Waals surface area contributed by atoms with Gasteiger partial charge in [0, 0.05) is 22.6 Å². The SMILES string of the molecule is C[C@H]1C(C(=O)NN2CCCCC2)=NN(c2ccccc2Cl)[C@H]1c1ccc(I)cc1. The fourth-order valence-electron chi connectivity index (χ4n) is 4.02. The summed E-state index contributed by atoms with van der Waals surface area (Å²) in [6.07, 6.45) is 3.44. The summed E-state index contributed by atoms with van der Waals surface area (Å²) in [7, 11) is 0. The van der Waals surface area contributed by atoms with Gasteiger partial charge in [0.15, 0.2) is 0 Å². The summed E-state index contributed by atoms with van der Waals surface area (Å²) in [6, 6.07) is 15.9. The molecule has 0 bridgehead atoms. The number of carbonyl (C=O) groups is 1. The van der Waals surface area contributed by atoms with E-state index in [1.165, 1.54) is 9.99 Å². The standard InChI is InChI=1S/C22H24ClIN4O/c1-15-20(22(29)26-27-13-5-2-6-14-27)25-28(19-8-4-3-7-18(19)23)21(15)16-9-11-17(24)12-10-16/h3-4,7-12,15,21H,2,5-6,13-14H2,1H3,(H,26,29)/t15-,21+/m0/s1. The minimum absolute atomic E-state index is 0.0730. The zero-order valence-electron chi connectivity index (χ0n) is 16.3.